The van der Waals surface area contributed by atoms with Crippen LogP contribution in [-0.2, 0) is 21.3 Å². The predicted molar refractivity (Wildman–Crippen MR) is 69.1 cm³/mol. The van der Waals surface area contributed by atoms with Crippen molar-refractivity contribution in [2.24, 2.45) is 5.14 Å². The Morgan fingerprint density at radius 2 is 2.21 bits per heavy atom. The predicted octanol–water partition coefficient (Wildman–Crippen LogP) is 0.00382. The average molecular weight is 303 g/mol. The topological polar surface area (TPSA) is 113 Å². The number of hydrogen-bond donors (Lipinski definition) is 1. The summed E-state index contributed by atoms with van der Waals surface area (Å²) >= 11 is 1.36. The molecule has 0 aliphatic rings. The van der Waals surface area contributed by atoms with E-state index in [1.165, 1.54) is 23.0 Å². The van der Waals surface area contributed by atoms with Crippen LogP contribution < -0.4 is 5.14 Å². The quantitative estimate of drug-likeness (QED) is 0.832. The van der Waals surface area contributed by atoms with Crippen molar-refractivity contribution in [3.8, 4) is 10.7 Å². The highest BCUT2D eigenvalue weighted by atomic mass is 32.2. The van der Waals surface area contributed by atoms with E-state index in [2.05, 4.69) is 15.2 Å². The van der Waals surface area contributed by atoms with E-state index in [9.17, 15) is 8.42 Å². The van der Waals surface area contributed by atoms with Gasteiger partial charge in [0.1, 0.15) is 0 Å². The third-order valence-electron chi connectivity index (χ3n) is 2.44. The van der Waals surface area contributed by atoms with E-state index < -0.39 is 10.0 Å². The van der Waals surface area contributed by atoms with Crippen molar-refractivity contribution in [2.75, 3.05) is 13.7 Å². The lowest BCUT2D eigenvalue weighted by Gasteiger charge is -2.07. The van der Waals surface area contributed by atoms with Gasteiger partial charge in [-0.05, 0) is 6.92 Å². The third-order valence-corrected chi connectivity index (χ3v) is 4.17. The molecule has 2 N–H and O–H groups in total. The van der Waals surface area contributed by atoms with Crippen molar-refractivity contribution in [2.45, 2.75) is 18.6 Å². The molecular weight excluding hydrogens is 290 g/mol. The molecular formula is C9H13N5O3S2. The second kappa shape index (κ2) is 5.33. The number of nitrogens with two attached hydrogens (primary N) is 1. The zero-order valence-corrected chi connectivity index (χ0v) is 12.0. The Labute approximate surface area is 114 Å². The molecule has 0 bridgehead atoms. The lowest BCUT2D eigenvalue weighted by molar-refractivity contribution is 0.185. The first-order valence-corrected chi connectivity index (χ1v) is 7.73. The van der Waals surface area contributed by atoms with Crippen LogP contribution in [0.1, 0.15) is 5.69 Å². The van der Waals surface area contributed by atoms with Gasteiger partial charge in [0, 0.05) is 7.11 Å². The van der Waals surface area contributed by atoms with Gasteiger partial charge >= 0.3 is 0 Å². The molecule has 0 aromatic carbocycles. The molecule has 0 fully saturated rings. The fourth-order valence-electron chi connectivity index (χ4n) is 1.57. The van der Waals surface area contributed by atoms with E-state index in [-0.39, 0.29) is 5.16 Å². The van der Waals surface area contributed by atoms with E-state index in [0.717, 1.165) is 10.6 Å². The van der Waals surface area contributed by atoms with Gasteiger partial charge in [-0.3, -0.25) is 4.57 Å². The summed E-state index contributed by atoms with van der Waals surface area (Å²) in [5.74, 6) is 0.432. The van der Waals surface area contributed by atoms with Crippen LogP contribution in [0.4, 0.5) is 0 Å². The molecule has 2 aromatic rings. The Kier molecular flexibility index (Phi) is 3.94. The molecule has 0 atom stereocenters. The number of thiazole rings is 1. The van der Waals surface area contributed by atoms with Crippen LogP contribution >= 0.6 is 11.3 Å². The van der Waals surface area contributed by atoms with Gasteiger partial charge in [0.2, 0.25) is 0 Å². The molecule has 0 unspecified atom stereocenters. The summed E-state index contributed by atoms with van der Waals surface area (Å²) in [6.07, 6.45) is 0. The second-order valence-electron chi connectivity index (χ2n) is 3.76. The van der Waals surface area contributed by atoms with Gasteiger partial charge in [-0.2, -0.15) is 0 Å². The van der Waals surface area contributed by atoms with Crippen LogP contribution in [0.25, 0.3) is 10.7 Å². The number of nitrogens with zero attached hydrogens (tertiary/aromatic N) is 4. The van der Waals surface area contributed by atoms with Crippen molar-refractivity contribution < 1.29 is 13.2 Å². The van der Waals surface area contributed by atoms with Crippen LogP contribution in [0.15, 0.2) is 10.7 Å². The summed E-state index contributed by atoms with van der Waals surface area (Å²) in [4.78, 5) is 4.87. The summed E-state index contributed by atoms with van der Waals surface area (Å²) in [6, 6.07) is 0. The molecule has 2 aromatic heterocycles. The van der Waals surface area contributed by atoms with Crippen molar-refractivity contribution in [3.05, 3.63) is 11.2 Å². The first kappa shape index (κ1) is 14.1. The smallest absolute Gasteiger partial charge is 0.273 e. The number of sulfonamides is 1. The Bertz CT molecular complexity index is 676. The number of methoxy groups -OCH3 is 1. The monoisotopic (exact) mass is 303 g/mol. The van der Waals surface area contributed by atoms with Crippen molar-refractivity contribution in [3.63, 3.8) is 0 Å². The zero-order chi connectivity index (χ0) is 14.0. The lowest BCUT2D eigenvalue weighted by Crippen LogP contribution is -2.20. The normalized spacial score (nSPS) is 11.9. The highest BCUT2D eigenvalue weighted by molar-refractivity contribution is 7.89. The van der Waals surface area contributed by atoms with Gasteiger partial charge in [0.15, 0.2) is 5.82 Å². The summed E-state index contributed by atoms with van der Waals surface area (Å²) < 4.78 is 29.4. The minimum absolute atomic E-state index is 0.271. The molecule has 2 rings (SSSR count). The lowest BCUT2D eigenvalue weighted by atomic mass is 10.4. The largest absolute Gasteiger partial charge is 0.383 e. The average Bonchev–Trinajstić information content (AvgIpc) is 2.90. The number of hydrogen-bond acceptors (Lipinski definition) is 7. The van der Waals surface area contributed by atoms with Crippen molar-refractivity contribution >= 4 is 21.4 Å². The van der Waals surface area contributed by atoms with Gasteiger partial charge in [-0.25, -0.2) is 18.5 Å². The van der Waals surface area contributed by atoms with Crippen LogP contribution in [0, 0.1) is 6.92 Å². The number of primary sulfonamides is 1. The molecule has 8 nitrogen and oxygen atoms in total. The van der Waals surface area contributed by atoms with Crippen LogP contribution in [0.2, 0.25) is 0 Å². The Balaban J connectivity index is 2.56. The molecule has 0 aliphatic heterocycles. The van der Waals surface area contributed by atoms with Crippen LogP contribution in [0.3, 0.4) is 0 Å². The molecule has 0 amide bonds. The van der Waals surface area contributed by atoms with Gasteiger partial charge in [-0.1, -0.05) is 0 Å². The molecule has 104 valence electrons. The van der Waals surface area contributed by atoms with E-state index in [4.69, 9.17) is 9.88 Å². The van der Waals surface area contributed by atoms with Crippen molar-refractivity contribution in [1.29, 1.82) is 0 Å². The van der Waals surface area contributed by atoms with Gasteiger partial charge in [-0.15, -0.1) is 21.5 Å². The molecule has 0 radical (unpaired) electrons. The van der Waals surface area contributed by atoms with Crippen LogP contribution in [-0.4, -0.2) is 41.9 Å². The van der Waals surface area contributed by atoms with E-state index in [1.807, 2.05) is 6.92 Å². The second-order valence-corrected chi connectivity index (χ2v) is 6.07. The summed E-state index contributed by atoms with van der Waals surface area (Å²) in [7, 11) is -2.40. The van der Waals surface area contributed by atoms with Gasteiger partial charge in [0.25, 0.3) is 15.2 Å². The first-order chi connectivity index (χ1) is 8.95. The number of aryl methyl sites for hydroxylation is 1. The molecule has 0 saturated carbocycles. The van der Waals surface area contributed by atoms with E-state index in [1.54, 1.807) is 5.51 Å². The summed E-state index contributed by atoms with van der Waals surface area (Å²) in [5, 5.41) is 12.4. The number of rotatable bonds is 5. The van der Waals surface area contributed by atoms with E-state index in [0.29, 0.717) is 19.0 Å². The minimum atomic E-state index is -3.93. The van der Waals surface area contributed by atoms with Gasteiger partial charge in [0.05, 0.1) is 29.2 Å². The highest BCUT2D eigenvalue weighted by Crippen LogP contribution is 2.26. The van der Waals surface area contributed by atoms with E-state index >= 15 is 0 Å². The molecule has 10 heteroatoms. The zero-order valence-electron chi connectivity index (χ0n) is 10.4. The number of aromatic nitrogens is 4. The molecule has 0 saturated heterocycles. The standard InChI is InChI=1S/C9H13N5O3S2/c1-6-7(18-5-11-6)8-12-13-9(19(10,15)16)14(8)3-4-17-2/h5H,3-4H2,1-2H3,(H2,10,15,16). The first-order valence-electron chi connectivity index (χ1n) is 5.30. The highest BCUT2D eigenvalue weighted by Gasteiger charge is 2.23. The van der Waals surface area contributed by atoms with Crippen LogP contribution in [0.5, 0.6) is 0 Å². The fourth-order valence-corrected chi connectivity index (χ4v) is 3.00. The Morgan fingerprint density at radius 1 is 1.47 bits per heavy atom. The molecule has 0 aliphatic carbocycles. The molecule has 2 heterocycles. The minimum Gasteiger partial charge on any atom is -0.383 e. The Morgan fingerprint density at radius 3 is 2.74 bits per heavy atom. The fraction of sp³-hybridized carbons (Fsp3) is 0.444. The Hall–Kier alpha value is -1.36. The van der Waals surface area contributed by atoms with Gasteiger partial charge < -0.3 is 4.74 Å². The summed E-state index contributed by atoms with van der Waals surface area (Å²) in [5.41, 5.74) is 2.42. The van der Waals surface area contributed by atoms with Crippen molar-refractivity contribution in [1.82, 2.24) is 19.7 Å². The number of ether oxygens (including phenoxy) is 1. The third kappa shape index (κ3) is 2.81. The maximum absolute atomic E-state index is 11.5. The summed E-state index contributed by atoms with van der Waals surface area (Å²) in [6.45, 7) is 2.44. The SMILES string of the molecule is COCCn1c(-c2scnc2C)nnc1S(N)(=O)=O. The molecule has 19 heavy (non-hydrogen) atoms. The maximum atomic E-state index is 11.5. The molecule has 0 spiro atoms. The maximum Gasteiger partial charge on any atom is 0.273 e.